The number of nitro groups is 1. The van der Waals surface area contributed by atoms with Gasteiger partial charge in [-0.15, -0.1) is 0 Å². The number of benzene rings is 2. The van der Waals surface area contributed by atoms with Crippen molar-refractivity contribution in [1.82, 2.24) is 10.3 Å². The number of carbonyl (C=O) groups is 1. The van der Waals surface area contributed by atoms with E-state index in [1.807, 2.05) is 24.3 Å². The Morgan fingerprint density at radius 3 is 2.76 bits per heavy atom. The van der Waals surface area contributed by atoms with Crippen LogP contribution in [0.1, 0.15) is 10.6 Å². The third-order valence-corrected chi connectivity index (χ3v) is 5.07. The second-order valence-corrected chi connectivity index (χ2v) is 7.31. The van der Waals surface area contributed by atoms with Crippen LogP contribution < -0.4 is 10.6 Å². The molecule has 144 valence electrons. The van der Waals surface area contributed by atoms with Crippen molar-refractivity contribution in [3.05, 3.63) is 76.5 Å². The molecule has 0 saturated carbocycles. The zero-order valence-corrected chi connectivity index (χ0v) is 16.3. The van der Waals surface area contributed by atoms with Crippen LogP contribution in [0.3, 0.4) is 0 Å². The third kappa shape index (κ3) is 4.13. The van der Waals surface area contributed by atoms with E-state index in [2.05, 4.69) is 15.6 Å². The number of hydrogen-bond donors (Lipinski definition) is 2. The number of rotatable bonds is 4. The Morgan fingerprint density at radius 1 is 1.14 bits per heavy atom. The van der Waals surface area contributed by atoms with E-state index < -0.39 is 10.8 Å². The molecule has 29 heavy (non-hydrogen) atoms. The van der Waals surface area contributed by atoms with Gasteiger partial charge in [0, 0.05) is 17.7 Å². The normalized spacial score (nSPS) is 10.6. The fourth-order valence-electron chi connectivity index (χ4n) is 2.61. The van der Waals surface area contributed by atoms with Crippen LogP contribution >= 0.6 is 23.6 Å². The molecule has 0 aliphatic rings. The van der Waals surface area contributed by atoms with Gasteiger partial charge >= 0.3 is 0 Å². The lowest BCUT2D eigenvalue weighted by molar-refractivity contribution is -0.384. The largest absolute Gasteiger partial charge is 0.451 e. The Balaban J connectivity index is 1.44. The summed E-state index contributed by atoms with van der Waals surface area (Å²) in [4.78, 5) is 27.2. The first-order valence-electron chi connectivity index (χ1n) is 8.32. The summed E-state index contributed by atoms with van der Waals surface area (Å²) < 4.78 is 6.53. The Labute approximate surface area is 173 Å². The van der Waals surface area contributed by atoms with Crippen LogP contribution in [-0.2, 0) is 0 Å². The summed E-state index contributed by atoms with van der Waals surface area (Å²) >= 11 is 6.58. The maximum atomic E-state index is 12.4. The van der Waals surface area contributed by atoms with E-state index in [9.17, 15) is 14.9 Å². The van der Waals surface area contributed by atoms with E-state index in [0.29, 0.717) is 16.5 Å². The van der Waals surface area contributed by atoms with Gasteiger partial charge in [0.1, 0.15) is 5.76 Å². The van der Waals surface area contributed by atoms with Crippen molar-refractivity contribution in [3.63, 3.8) is 0 Å². The van der Waals surface area contributed by atoms with E-state index in [1.165, 1.54) is 29.5 Å². The zero-order chi connectivity index (χ0) is 20.4. The molecule has 2 aromatic heterocycles. The quantitative estimate of drug-likeness (QED) is 0.280. The van der Waals surface area contributed by atoms with Gasteiger partial charge in [0.15, 0.2) is 16.0 Å². The smallest absolute Gasteiger partial charge is 0.293 e. The molecule has 0 radical (unpaired) electrons. The highest BCUT2D eigenvalue weighted by Crippen LogP contribution is 2.26. The fraction of sp³-hybridized carbons (Fsp3) is 0. The number of furan rings is 1. The Bertz CT molecular complexity index is 1210. The lowest BCUT2D eigenvalue weighted by atomic mass is 10.1. The first-order chi connectivity index (χ1) is 14.0. The molecule has 0 atom stereocenters. The summed E-state index contributed by atoms with van der Waals surface area (Å²) in [6, 6.07) is 16.6. The predicted octanol–water partition coefficient (Wildman–Crippen LogP) is 4.59. The number of carbonyl (C=O) groups excluding carboxylic acids is 1. The van der Waals surface area contributed by atoms with Crippen LogP contribution in [0.5, 0.6) is 0 Å². The number of nitro benzene ring substituents is 1. The van der Waals surface area contributed by atoms with Crippen molar-refractivity contribution in [2.45, 2.75) is 0 Å². The Morgan fingerprint density at radius 2 is 1.97 bits per heavy atom. The molecule has 2 aromatic carbocycles. The molecule has 0 saturated heterocycles. The lowest BCUT2D eigenvalue weighted by Gasteiger charge is -2.05. The van der Waals surface area contributed by atoms with Crippen molar-refractivity contribution in [1.29, 1.82) is 0 Å². The predicted molar refractivity (Wildman–Crippen MR) is 114 cm³/mol. The molecule has 8 nitrogen and oxygen atoms in total. The van der Waals surface area contributed by atoms with Gasteiger partial charge < -0.3 is 9.73 Å². The number of nitrogens with one attached hydrogen (secondary N) is 2. The number of nitrogens with zero attached hydrogens (tertiary/aromatic N) is 2. The maximum Gasteiger partial charge on any atom is 0.293 e. The minimum Gasteiger partial charge on any atom is -0.451 e. The second kappa shape index (κ2) is 7.78. The van der Waals surface area contributed by atoms with Crippen molar-refractivity contribution >= 4 is 55.6 Å². The molecule has 0 spiro atoms. The van der Waals surface area contributed by atoms with E-state index in [1.54, 1.807) is 18.2 Å². The molecule has 4 aromatic rings. The number of fused-ring (bicyclic) bond motifs is 1. The summed E-state index contributed by atoms with van der Waals surface area (Å²) in [6.45, 7) is 0. The molecule has 2 heterocycles. The number of para-hydroxylation sites is 1. The topological polar surface area (TPSA) is 110 Å². The van der Waals surface area contributed by atoms with Crippen LogP contribution in [-0.4, -0.2) is 20.9 Å². The highest BCUT2D eigenvalue weighted by atomic mass is 32.1. The van der Waals surface area contributed by atoms with Crippen LogP contribution in [0, 0.1) is 10.1 Å². The van der Waals surface area contributed by atoms with Gasteiger partial charge in [0.2, 0.25) is 0 Å². The van der Waals surface area contributed by atoms with Crippen LogP contribution in [0.25, 0.3) is 21.5 Å². The SMILES string of the molecule is O=C(NC(=S)Nc1nc2ccccc2s1)c1ccc(-c2cccc([N+](=O)[O-])c2)o1. The molecule has 4 rings (SSSR count). The minimum absolute atomic E-state index is 0.0277. The molecule has 0 bridgehead atoms. The average molecular weight is 424 g/mol. The molecule has 2 N–H and O–H groups in total. The van der Waals surface area contributed by atoms with Crippen molar-refractivity contribution in [3.8, 4) is 11.3 Å². The number of non-ortho nitro benzene ring substituents is 1. The van der Waals surface area contributed by atoms with Gasteiger partial charge in [-0.1, -0.05) is 35.6 Å². The summed E-state index contributed by atoms with van der Waals surface area (Å²) in [5.41, 5.74) is 1.27. The first kappa shape index (κ1) is 18.7. The number of aromatic nitrogens is 1. The van der Waals surface area contributed by atoms with Crippen molar-refractivity contribution in [2.24, 2.45) is 0 Å². The van der Waals surface area contributed by atoms with Gasteiger partial charge in [0.25, 0.3) is 11.6 Å². The number of thiazole rings is 1. The van der Waals surface area contributed by atoms with Crippen molar-refractivity contribution < 1.29 is 14.1 Å². The Kier molecular flexibility index (Phi) is 5.02. The molecule has 0 aliphatic heterocycles. The van der Waals surface area contributed by atoms with Crippen LogP contribution in [0.2, 0.25) is 0 Å². The monoisotopic (exact) mass is 424 g/mol. The van der Waals surface area contributed by atoms with E-state index >= 15 is 0 Å². The summed E-state index contributed by atoms with van der Waals surface area (Å²) in [6.07, 6.45) is 0. The highest BCUT2D eigenvalue weighted by Gasteiger charge is 2.16. The van der Waals surface area contributed by atoms with Gasteiger partial charge in [-0.3, -0.25) is 20.2 Å². The maximum absolute atomic E-state index is 12.4. The number of amides is 1. The average Bonchev–Trinajstić information content (AvgIpc) is 3.34. The zero-order valence-electron chi connectivity index (χ0n) is 14.6. The molecular weight excluding hydrogens is 412 g/mol. The molecule has 0 fully saturated rings. The number of hydrogen-bond acceptors (Lipinski definition) is 7. The van der Waals surface area contributed by atoms with E-state index in [4.69, 9.17) is 16.6 Å². The first-order valence-corrected chi connectivity index (χ1v) is 9.54. The minimum atomic E-state index is -0.541. The summed E-state index contributed by atoms with van der Waals surface area (Å²) in [5.74, 6) is -0.177. The van der Waals surface area contributed by atoms with E-state index in [0.717, 1.165) is 10.2 Å². The van der Waals surface area contributed by atoms with Crippen molar-refractivity contribution in [2.75, 3.05) is 5.32 Å². The standard InChI is InChI=1S/C19H12N4O4S2/c24-17(21-18(28)22-19-20-13-6-1-2-7-16(13)29-19)15-9-8-14(27-15)11-4-3-5-12(10-11)23(25)26/h1-10H,(H2,20,21,22,24,28). The Hall–Kier alpha value is -3.63. The van der Waals surface area contributed by atoms with Gasteiger partial charge in [-0.25, -0.2) is 4.98 Å². The third-order valence-electron chi connectivity index (χ3n) is 3.91. The van der Waals surface area contributed by atoms with Gasteiger partial charge in [0.05, 0.1) is 15.1 Å². The lowest BCUT2D eigenvalue weighted by Crippen LogP contribution is -2.33. The van der Waals surface area contributed by atoms with Crippen LogP contribution in [0.4, 0.5) is 10.8 Å². The number of anilines is 1. The highest BCUT2D eigenvalue weighted by molar-refractivity contribution is 7.80. The summed E-state index contributed by atoms with van der Waals surface area (Å²) in [7, 11) is 0. The molecule has 0 unspecified atom stereocenters. The molecular formula is C19H12N4O4S2. The summed E-state index contributed by atoms with van der Waals surface area (Å²) in [5, 5.41) is 17.0. The molecule has 1 amide bonds. The van der Waals surface area contributed by atoms with Gasteiger partial charge in [-0.2, -0.15) is 0 Å². The second-order valence-electron chi connectivity index (χ2n) is 5.87. The fourth-order valence-corrected chi connectivity index (χ4v) is 3.73. The van der Waals surface area contributed by atoms with E-state index in [-0.39, 0.29) is 16.6 Å². The number of thiocarbonyl (C=S) groups is 1. The van der Waals surface area contributed by atoms with Gasteiger partial charge in [-0.05, 0) is 36.5 Å². The molecule has 0 aliphatic carbocycles. The molecule has 10 heteroatoms. The van der Waals surface area contributed by atoms with Crippen LogP contribution in [0.15, 0.2) is 65.1 Å².